The Kier molecular flexibility index (Phi) is 4.63. The lowest BCUT2D eigenvalue weighted by molar-refractivity contribution is 0.322. The highest BCUT2D eigenvalue weighted by molar-refractivity contribution is 14.1. The molecule has 66 valence electrons. The van der Waals surface area contributed by atoms with E-state index in [2.05, 4.69) is 57.3 Å². The Morgan fingerprint density at radius 2 is 2.25 bits per heavy atom. The first kappa shape index (κ1) is 10.6. The third kappa shape index (κ3) is 3.47. The Bertz CT molecular complexity index is 248. The van der Waals surface area contributed by atoms with E-state index < -0.39 is 0 Å². The van der Waals surface area contributed by atoms with Gasteiger partial charge in [-0.25, -0.2) is 0 Å². The van der Waals surface area contributed by atoms with Crippen molar-refractivity contribution in [1.29, 1.82) is 0 Å². The Balaban J connectivity index is 2.72. The molecule has 1 nitrogen and oxygen atoms in total. The van der Waals surface area contributed by atoms with Crippen molar-refractivity contribution in [3.05, 3.63) is 29.8 Å². The normalized spacial score (nSPS) is 12.6. The van der Waals surface area contributed by atoms with E-state index in [0.717, 1.165) is 10.2 Å². The molecule has 1 atom stereocenters. The summed E-state index contributed by atoms with van der Waals surface area (Å²) in [4.78, 5) is 0. The van der Waals surface area contributed by atoms with E-state index >= 15 is 0 Å². The Hall–Kier alpha value is 0.480. The highest BCUT2D eigenvalue weighted by atomic mass is 127. The number of hydrogen-bond acceptors (Lipinski definition) is 1. The summed E-state index contributed by atoms with van der Waals surface area (Å²) in [6.07, 6.45) is 0. The lowest BCUT2D eigenvalue weighted by Gasteiger charge is -2.08. The minimum absolute atomic E-state index is 0.229. The number of ether oxygens (including phenoxy) is 1. The van der Waals surface area contributed by atoms with Gasteiger partial charge in [0, 0.05) is 4.43 Å². The second-order valence-corrected chi connectivity index (χ2v) is 4.96. The molecule has 1 aromatic rings. The van der Waals surface area contributed by atoms with Gasteiger partial charge >= 0.3 is 0 Å². The lowest BCUT2D eigenvalue weighted by Crippen LogP contribution is -2.01. The molecule has 0 saturated carbocycles. The van der Waals surface area contributed by atoms with Crippen LogP contribution in [0.5, 0.6) is 5.75 Å². The van der Waals surface area contributed by atoms with E-state index in [1.807, 2.05) is 19.1 Å². The molecule has 0 aliphatic rings. The number of benzene rings is 1. The van der Waals surface area contributed by atoms with Crippen LogP contribution in [0.3, 0.4) is 0 Å². The van der Waals surface area contributed by atoms with Gasteiger partial charge in [0.2, 0.25) is 0 Å². The van der Waals surface area contributed by atoms with Gasteiger partial charge in [-0.05, 0) is 47.2 Å². The monoisotopic (exact) mass is 388 g/mol. The van der Waals surface area contributed by atoms with Crippen molar-refractivity contribution in [3.8, 4) is 5.75 Å². The van der Waals surface area contributed by atoms with Crippen LogP contribution in [0.1, 0.15) is 12.5 Å². The summed E-state index contributed by atoms with van der Waals surface area (Å²) in [6.45, 7) is 2.03. The first-order valence-electron chi connectivity index (χ1n) is 3.68. The topological polar surface area (TPSA) is 9.23 Å². The fourth-order valence-electron chi connectivity index (χ4n) is 0.889. The molecule has 0 N–H and O–H groups in total. The van der Waals surface area contributed by atoms with E-state index in [0.29, 0.717) is 0 Å². The highest BCUT2D eigenvalue weighted by Crippen LogP contribution is 2.18. The molecule has 0 bridgehead atoms. The zero-order valence-electron chi connectivity index (χ0n) is 6.76. The predicted octanol–water partition coefficient (Wildman–Crippen LogP) is 3.78. The zero-order chi connectivity index (χ0) is 8.97. The standard InChI is InChI=1S/C9H10I2O/c1-7(11)12-9-4-2-3-8(5-9)6-10/h2-5,7H,6H2,1H3. The minimum atomic E-state index is 0.229. The van der Waals surface area contributed by atoms with Gasteiger partial charge < -0.3 is 4.74 Å². The second-order valence-electron chi connectivity index (χ2n) is 2.44. The summed E-state index contributed by atoms with van der Waals surface area (Å²) in [5.74, 6) is 0.964. The summed E-state index contributed by atoms with van der Waals surface area (Å²) >= 11 is 4.59. The Labute approximate surface area is 100 Å². The van der Waals surface area contributed by atoms with Gasteiger partial charge in [-0.3, -0.25) is 0 Å². The van der Waals surface area contributed by atoms with Crippen LogP contribution in [0, 0.1) is 0 Å². The van der Waals surface area contributed by atoms with Crippen LogP contribution in [0.15, 0.2) is 24.3 Å². The molecule has 0 amide bonds. The van der Waals surface area contributed by atoms with Crippen molar-refractivity contribution in [2.45, 2.75) is 15.5 Å². The van der Waals surface area contributed by atoms with Crippen LogP contribution in [0.25, 0.3) is 0 Å². The highest BCUT2D eigenvalue weighted by Gasteiger charge is 1.98. The van der Waals surface area contributed by atoms with Gasteiger partial charge in [0.1, 0.15) is 9.86 Å². The minimum Gasteiger partial charge on any atom is -0.480 e. The van der Waals surface area contributed by atoms with Gasteiger partial charge in [-0.2, -0.15) is 0 Å². The summed E-state index contributed by atoms with van der Waals surface area (Å²) in [5.41, 5.74) is 1.31. The maximum atomic E-state index is 5.54. The lowest BCUT2D eigenvalue weighted by atomic mass is 10.2. The SMILES string of the molecule is CC(I)Oc1cccc(CI)c1. The van der Waals surface area contributed by atoms with Crippen LogP contribution in [-0.4, -0.2) is 4.11 Å². The molecule has 0 saturated heterocycles. The Morgan fingerprint density at radius 1 is 1.50 bits per heavy atom. The summed E-state index contributed by atoms with van der Waals surface area (Å²) in [7, 11) is 0. The first-order valence-corrected chi connectivity index (χ1v) is 6.45. The van der Waals surface area contributed by atoms with Gasteiger partial charge in [-0.1, -0.05) is 34.7 Å². The van der Waals surface area contributed by atoms with Crippen molar-refractivity contribution in [1.82, 2.24) is 0 Å². The van der Waals surface area contributed by atoms with Gasteiger partial charge in [0.05, 0.1) is 0 Å². The van der Waals surface area contributed by atoms with E-state index in [1.54, 1.807) is 0 Å². The summed E-state index contributed by atoms with van der Waals surface area (Å²) in [5, 5.41) is 0. The van der Waals surface area contributed by atoms with E-state index in [-0.39, 0.29) is 4.11 Å². The molecular formula is C9H10I2O. The summed E-state index contributed by atoms with van der Waals surface area (Å²) < 4.78 is 6.80. The molecular weight excluding hydrogens is 378 g/mol. The molecule has 1 rings (SSSR count). The molecule has 0 aliphatic carbocycles. The molecule has 0 aliphatic heterocycles. The fraction of sp³-hybridized carbons (Fsp3) is 0.333. The van der Waals surface area contributed by atoms with Crippen molar-refractivity contribution in [3.63, 3.8) is 0 Å². The Morgan fingerprint density at radius 3 is 2.83 bits per heavy atom. The molecule has 3 heteroatoms. The molecule has 1 aromatic carbocycles. The van der Waals surface area contributed by atoms with Gasteiger partial charge in [-0.15, -0.1) is 0 Å². The van der Waals surface area contributed by atoms with Crippen molar-refractivity contribution >= 4 is 45.2 Å². The van der Waals surface area contributed by atoms with E-state index in [1.165, 1.54) is 5.56 Å². The molecule has 0 spiro atoms. The average molecular weight is 388 g/mol. The van der Waals surface area contributed by atoms with Crippen LogP contribution in [-0.2, 0) is 4.43 Å². The molecule has 12 heavy (non-hydrogen) atoms. The molecule has 0 heterocycles. The van der Waals surface area contributed by atoms with Crippen LogP contribution < -0.4 is 4.74 Å². The maximum absolute atomic E-state index is 5.54. The number of hydrogen-bond donors (Lipinski definition) is 0. The van der Waals surface area contributed by atoms with Gasteiger partial charge in [0.25, 0.3) is 0 Å². The van der Waals surface area contributed by atoms with Crippen LogP contribution >= 0.6 is 45.2 Å². The predicted molar refractivity (Wildman–Crippen MR) is 68.3 cm³/mol. The van der Waals surface area contributed by atoms with Crippen molar-refractivity contribution in [2.75, 3.05) is 0 Å². The number of halogens is 2. The maximum Gasteiger partial charge on any atom is 0.146 e. The number of alkyl halides is 2. The zero-order valence-corrected chi connectivity index (χ0v) is 11.1. The molecule has 1 unspecified atom stereocenters. The molecule has 0 radical (unpaired) electrons. The number of rotatable bonds is 3. The third-order valence-corrected chi connectivity index (χ3v) is 2.49. The quantitative estimate of drug-likeness (QED) is 0.566. The average Bonchev–Trinajstić information content (AvgIpc) is 2.03. The molecule has 0 aromatic heterocycles. The molecule has 0 fully saturated rings. The first-order chi connectivity index (χ1) is 5.72. The van der Waals surface area contributed by atoms with Gasteiger partial charge in [0.15, 0.2) is 0 Å². The van der Waals surface area contributed by atoms with Crippen LogP contribution in [0.4, 0.5) is 0 Å². The second kappa shape index (κ2) is 5.26. The summed E-state index contributed by atoms with van der Waals surface area (Å²) in [6, 6.07) is 8.21. The van der Waals surface area contributed by atoms with Crippen molar-refractivity contribution < 1.29 is 4.74 Å². The van der Waals surface area contributed by atoms with Crippen molar-refractivity contribution in [2.24, 2.45) is 0 Å². The van der Waals surface area contributed by atoms with Crippen LogP contribution in [0.2, 0.25) is 0 Å². The van der Waals surface area contributed by atoms with E-state index in [4.69, 9.17) is 4.74 Å². The van der Waals surface area contributed by atoms with E-state index in [9.17, 15) is 0 Å². The third-order valence-electron chi connectivity index (χ3n) is 1.35. The smallest absolute Gasteiger partial charge is 0.146 e. The fourth-order valence-corrected chi connectivity index (χ4v) is 1.66. The largest absolute Gasteiger partial charge is 0.480 e.